The van der Waals surface area contributed by atoms with Crippen molar-refractivity contribution in [3.8, 4) is 0 Å². The molecule has 0 saturated heterocycles. The van der Waals surface area contributed by atoms with Crippen molar-refractivity contribution in [1.29, 1.82) is 0 Å². The molecule has 0 aliphatic rings. The van der Waals surface area contributed by atoms with Crippen molar-refractivity contribution >= 4 is 29.6 Å². The van der Waals surface area contributed by atoms with Crippen molar-refractivity contribution in [3.05, 3.63) is 88.1 Å². The van der Waals surface area contributed by atoms with E-state index in [4.69, 9.17) is 4.42 Å². The lowest BCUT2D eigenvalue weighted by molar-refractivity contribution is 0.557. The highest BCUT2D eigenvalue weighted by molar-refractivity contribution is 8.22. The number of benzene rings is 2. The maximum absolute atomic E-state index is 5.47. The molecule has 0 spiro atoms. The summed E-state index contributed by atoms with van der Waals surface area (Å²) >= 11 is 3.52. The summed E-state index contributed by atoms with van der Waals surface area (Å²) in [7, 11) is 0. The molecule has 0 unspecified atom stereocenters. The van der Waals surface area contributed by atoms with Crippen molar-refractivity contribution in [3.63, 3.8) is 0 Å². The van der Waals surface area contributed by atoms with Crippen LogP contribution in [0.2, 0.25) is 0 Å². The quantitative estimate of drug-likeness (QED) is 0.476. The molecule has 0 bridgehead atoms. The van der Waals surface area contributed by atoms with Gasteiger partial charge in [0.05, 0.1) is 10.5 Å². The second kappa shape index (κ2) is 7.62. The van der Waals surface area contributed by atoms with Gasteiger partial charge in [-0.15, -0.1) is 0 Å². The van der Waals surface area contributed by atoms with Gasteiger partial charge in [-0.1, -0.05) is 58.9 Å². The number of hydrogen-bond donors (Lipinski definition) is 0. The van der Waals surface area contributed by atoms with Crippen molar-refractivity contribution in [2.24, 2.45) is 0 Å². The third kappa shape index (κ3) is 4.81. The van der Waals surface area contributed by atoms with E-state index in [-0.39, 0.29) is 0 Å². The maximum atomic E-state index is 5.47. The lowest BCUT2D eigenvalue weighted by Crippen LogP contribution is -1.78. The van der Waals surface area contributed by atoms with Crippen LogP contribution >= 0.6 is 23.5 Å². The number of thioether (sulfide) groups is 2. The fraction of sp³-hybridized carbons (Fsp3) is 0.100. The van der Waals surface area contributed by atoms with Gasteiger partial charge in [-0.2, -0.15) is 0 Å². The molecule has 0 aliphatic carbocycles. The van der Waals surface area contributed by atoms with Crippen LogP contribution in [0.5, 0.6) is 0 Å². The fourth-order valence-electron chi connectivity index (χ4n) is 2.01. The summed E-state index contributed by atoms with van der Waals surface area (Å²) in [6.07, 6.45) is 3.80. The third-order valence-corrected chi connectivity index (χ3v) is 5.44. The normalized spacial score (nSPS) is 10.5. The highest BCUT2D eigenvalue weighted by Crippen LogP contribution is 2.40. The van der Waals surface area contributed by atoms with E-state index in [2.05, 4.69) is 68.5 Å². The summed E-state index contributed by atoms with van der Waals surface area (Å²) in [5.41, 5.74) is 2.55. The first-order valence-electron chi connectivity index (χ1n) is 7.43. The predicted molar refractivity (Wildman–Crippen MR) is 101 cm³/mol. The zero-order valence-corrected chi connectivity index (χ0v) is 14.8. The first-order chi connectivity index (χ1) is 11.2. The number of rotatable bonds is 5. The molecule has 0 aliphatic heterocycles. The molecule has 1 heterocycles. The Morgan fingerprint density at radius 2 is 1.30 bits per heavy atom. The van der Waals surface area contributed by atoms with Crippen molar-refractivity contribution in [2.45, 2.75) is 23.6 Å². The molecular formula is C20H18OS2. The second-order valence-corrected chi connectivity index (χ2v) is 7.80. The van der Waals surface area contributed by atoms with E-state index in [0.29, 0.717) is 0 Å². The molecule has 0 amide bonds. The van der Waals surface area contributed by atoms with Gasteiger partial charge in [-0.3, -0.25) is 0 Å². The Labute approximate surface area is 145 Å². The summed E-state index contributed by atoms with van der Waals surface area (Å²) < 4.78 is 6.66. The molecule has 1 aromatic heterocycles. The van der Waals surface area contributed by atoms with E-state index in [1.165, 1.54) is 25.2 Å². The van der Waals surface area contributed by atoms with Crippen molar-refractivity contribution in [2.75, 3.05) is 0 Å². The van der Waals surface area contributed by atoms with Crippen LogP contribution in [0.15, 0.2) is 85.4 Å². The Balaban J connectivity index is 1.84. The minimum atomic E-state index is 0.874. The number of aryl methyl sites for hydroxylation is 2. The van der Waals surface area contributed by atoms with Crippen LogP contribution in [0.25, 0.3) is 6.08 Å². The van der Waals surface area contributed by atoms with Gasteiger partial charge in [0, 0.05) is 15.9 Å². The Kier molecular flexibility index (Phi) is 5.31. The number of furan rings is 1. The maximum Gasteiger partial charge on any atom is 0.128 e. The summed E-state index contributed by atoms with van der Waals surface area (Å²) in [6, 6.07) is 21.1. The van der Waals surface area contributed by atoms with E-state index < -0.39 is 0 Å². The molecule has 1 nitrogen and oxygen atoms in total. The molecule has 0 radical (unpaired) electrons. The van der Waals surface area contributed by atoms with Gasteiger partial charge < -0.3 is 4.42 Å². The summed E-state index contributed by atoms with van der Waals surface area (Å²) in [5, 5.41) is 0. The minimum Gasteiger partial charge on any atom is -0.465 e. The molecular weight excluding hydrogens is 320 g/mol. The Hall–Kier alpha value is -1.84. The highest BCUT2D eigenvalue weighted by Gasteiger charge is 2.06. The smallest absolute Gasteiger partial charge is 0.128 e. The molecule has 0 N–H and O–H groups in total. The van der Waals surface area contributed by atoms with Crippen molar-refractivity contribution in [1.82, 2.24) is 0 Å². The van der Waals surface area contributed by atoms with Gasteiger partial charge >= 0.3 is 0 Å². The molecule has 116 valence electrons. The van der Waals surface area contributed by atoms with Crippen molar-refractivity contribution < 1.29 is 4.42 Å². The van der Waals surface area contributed by atoms with E-state index >= 15 is 0 Å². The van der Waals surface area contributed by atoms with Gasteiger partial charge in [0.1, 0.15) is 5.76 Å². The van der Waals surface area contributed by atoms with Gasteiger partial charge in [0.15, 0.2) is 0 Å². The summed E-state index contributed by atoms with van der Waals surface area (Å²) in [6.45, 7) is 4.21. The molecule has 3 heteroatoms. The largest absolute Gasteiger partial charge is 0.465 e. The summed E-state index contributed by atoms with van der Waals surface area (Å²) in [5.74, 6) is 0.874. The van der Waals surface area contributed by atoms with Gasteiger partial charge in [0.2, 0.25) is 0 Å². The zero-order chi connectivity index (χ0) is 16.1. The Morgan fingerprint density at radius 3 is 1.74 bits per heavy atom. The average molecular weight is 338 g/mol. The van der Waals surface area contributed by atoms with E-state index in [1.54, 1.807) is 29.8 Å². The Bertz CT molecular complexity index is 720. The predicted octanol–water partition coefficient (Wildman–Crippen LogP) is 6.78. The lowest BCUT2D eigenvalue weighted by Gasteiger charge is -2.08. The first-order valence-corrected chi connectivity index (χ1v) is 9.06. The topological polar surface area (TPSA) is 13.1 Å². The summed E-state index contributed by atoms with van der Waals surface area (Å²) in [4.78, 5) is 2.46. The van der Waals surface area contributed by atoms with Crippen LogP contribution in [-0.2, 0) is 0 Å². The van der Waals surface area contributed by atoms with Gasteiger partial charge in [-0.25, -0.2) is 0 Å². The molecule has 3 aromatic rings. The standard InChI is InChI=1S/C20H18OS2/c1-15-5-9-18(10-6-15)22-20(14-17-4-3-13-21-17)23-19-11-7-16(2)8-12-19/h3-14H,1-2H3. The molecule has 3 rings (SSSR count). The van der Waals surface area contributed by atoms with Gasteiger partial charge in [0.25, 0.3) is 0 Å². The minimum absolute atomic E-state index is 0.874. The van der Waals surface area contributed by atoms with E-state index in [0.717, 1.165) is 5.76 Å². The Morgan fingerprint density at radius 1 is 0.783 bits per heavy atom. The third-order valence-electron chi connectivity index (χ3n) is 3.28. The SMILES string of the molecule is Cc1ccc(SC(=Cc2ccco2)Sc2ccc(C)cc2)cc1. The van der Waals surface area contributed by atoms with Crippen LogP contribution in [0.4, 0.5) is 0 Å². The highest BCUT2D eigenvalue weighted by atomic mass is 32.2. The van der Waals surface area contributed by atoms with Crippen LogP contribution in [0.1, 0.15) is 16.9 Å². The van der Waals surface area contributed by atoms with Crippen LogP contribution in [-0.4, -0.2) is 0 Å². The fourth-order valence-corrected chi connectivity index (χ4v) is 4.12. The monoisotopic (exact) mass is 338 g/mol. The molecule has 0 fully saturated rings. The molecule has 2 aromatic carbocycles. The molecule has 23 heavy (non-hydrogen) atoms. The van der Waals surface area contributed by atoms with Crippen LogP contribution in [0, 0.1) is 13.8 Å². The molecule has 0 atom stereocenters. The first kappa shape index (κ1) is 16.0. The van der Waals surface area contributed by atoms with E-state index in [1.807, 2.05) is 12.1 Å². The zero-order valence-electron chi connectivity index (χ0n) is 13.2. The van der Waals surface area contributed by atoms with E-state index in [9.17, 15) is 0 Å². The van der Waals surface area contributed by atoms with Gasteiger partial charge in [-0.05, 0) is 50.2 Å². The molecule has 0 saturated carbocycles. The van der Waals surface area contributed by atoms with Crippen LogP contribution in [0.3, 0.4) is 0 Å². The van der Waals surface area contributed by atoms with Crippen LogP contribution < -0.4 is 0 Å². The second-order valence-electron chi connectivity index (χ2n) is 5.31. The lowest BCUT2D eigenvalue weighted by atomic mass is 10.2. The number of hydrogen-bond acceptors (Lipinski definition) is 3. The average Bonchev–Trinajstić information content (AvgIpc) is 3.05.